The molecule has 1 fully saturated rings. The summed E-state index contributed by atoms with van der Waals surface area (Å²) >= 11 is 0. The number of nitrogens with zero attached hydrogens (tertiary/aromatic N) is 7. The van der Waals surface area contributed by atoms with Crippen LogP contribution in [0.25, 0.3) is 27.8 Å². The third kappa shape index (κ3) is 3.65. The number of nitriles is 1. The molecule has 4 heterocycles. The SMILES string of the molecule is C=CC(=O)N1CCN(c2ccc(-c3cc(-c4cnn(C)c4)cn4nc(N)c(C#N)c34)cc2)CC1. The molecule has 0 unspecified atom stereocenters. The van der Waals surface area contributed by atoms with Crippen molar-refractivity contribution in [3.8, 4) is 28.3 Å². The molecular weight excluding hydrogens is 428 g/mol. The molecule has 1 amide bonds. The molecule has 0 radical (unpaired) electrons. The Bertz CT molecular complexity index is 1430. The zero-order valence-corrected chi connectivity index (χ0v) is 18.8. The third-order valence-corrected chi connectivity index (χ3v) is 6.21. The Kier molecular flexibility index (Phi) is 5.26. The number of aryl methyl sites for hydroxylation is 1. The van der Waals surface area contributed by atoms with Crippen molar-refractivity contribution in [3.05, 3.63) is 67.1 Å². The number of hydrogen-bond acceptors (Lipinski definition) is 6. The standard InChI is InChI=1S/C25H24N8O/c1-3-23(34)32-10-8-31(9-11-32)20-6-4-17(5-7-20)21-12-18(19-14-28-30(2)15-19)16-33-24(21)22(13-26)25(27)29-33/h3-7,12,14-16H,1,8-11H2,2H3,(H2,27,29). The lowest BCUT2D eigenvalue weighted by Crippen LogP contribution is -2.48. The van der Waals surface area contributed by atoms with Crippen LogP contribution in [0.15, 0.2) is 61.6 Å². The van der Waals surface area contributed by atoms with E-state index < -0.39 is 0 Å². The van der Waals surface area contributed by atoms with E-state index in [9.17, 15) is 10.1 Å². The molecule has 5 rings (SSSR count). The van der Waals surface area contributed by atoms with Crippen molar-refractivity contribution in [2.75, 3.05) is 36.8 Å². The highest BCUT2D eigenvalue weighted by atomic mass is 16.2. The monoisotopic (exact) mass is 452 g/mol. The van der Waals surface area contributed by atoms with Gasteiger partial charge in [-0.1, -0.05) is 18.7 Å². The van der Waals surface area contributed by atoms with Crippen LogP contribution in [0.5, 0.6) is 0 Å². The van der Waals surface area contributed by atoms with Gasteiger partial charge in [0.15, 0.2) is 5.82 Å². The number of hydrogen-bond donors (Lipinski definition) is 1. The van der Waals surface area contributed by atoms with Gasteiger partial charge in [-0.3, -0.25) is 9.48 Å². The molecule has 1 aromatic carbocycles. The lowest BCUT2D eigenvalue weighted by atomic mass is 9.99. The van der Waals surface area contributed by atoms with Crippen molar-refractivity contribution in [1.82, 2.24) is 24.3 Å². The van der Waals surface area contributed by atoms with Crippen molar-refractivity contribution >= 4 is 22.9 Å². The quantitative estimate of drug-likeness (QED) is 0.477. The van der Waals surface area contributed by atoms with E-state index in [2.05, 4.69) is 39.9 Å². The topological polar surface area (TPSA) is 108 Å². The molecule has 4 aromatic rings. The summed E-state index contributed by atoms with van der Waals surface area (Å²) in [6, 6.07) is 12.5. The van der Waals surface area contributed by atoms with E-state index in [1.165, 1.54) is 6.08 Å². The van der Waals surface area contributed by atoms with Crippen molar-refractivity contribution < 1.29 is 4.79 Å². The molecule has 1 saturated heterocycles. The van der Waals surface area contributed by atoms with Gasteiger partial charge in [0.1, 0.15) is 11.6 Å². The minimum atomic E-state index is -0.0270. The molecule has 0 aliphatic carbocycles. The van der Waals surface area contributed by atoms with E-state index in [0.717, 1.165) is 41.0 Å². The molecule has 1 aliphatic heterocycles. The largest absolute Gasteiger partial charge is 0.381 e. The van der Waals surface area contributed by atoms with Gasteiger partial charge in [-0.15, -0.1) is 5.10 Å². The zero-order valence-electron chi connectivity index (χ0n) is 18.8. The molecule has 0 bridgehead atoms. The van der Waals surface area contributed by atoms with Gasteiger partial charge in [0.25, 0.3) is 0 Å². The fourth-order valence-electron chi connectivity index (χ4n) is 4.42. The molecule has 0 spiro atoms. The van der Waals surface area contributed by atoms with Gasteiger partial charge in [0.2, 0.25) is 5.91 Å². The normalized spacial score (nSPS) is 13.8. The Morgan fingerprint density at radius 3 is 2.47 bits per heavy atom. The highest BCUT2D eigenvalue weighted by molar-refractivity contribution is 5.90. The molecule has 0 saturated carbocycles. The van der Waals surface area contributed by atoms with E-state index in [1.807, 2.05) is 42.5 Å². The maximum Gasteiger partial charge on any atom is 0.246 e. The summed E-state index contributed by atoms with van der Waals surface area (Å²) in [4.78, 5) is 15.9. The number of carbonyl (C=O) groups excluding carboxylic acids is 1. The second-order valence-electron chi connectivity index (χ2n) is 8.27. The minimum absolute atomic E-state index is 0.0270. The maximum atomic E-state index is 11.8. The van der Waals surface area contributed by atoms with Crippen LogP contribution < -0.4 is 10.6 Å². The van der Waals surface area contributed by atoms with Gasteiger partial charge >= 0.3 is 0 Å². The van der Waals surface area contributed by atoms with Gasteiger partial charge in [0, 0.05) is 68.0 Å². The number of anilines is 2. The van der Waals surface area contributed by atoms with E-state index in [0.29, 0.717) is 24.2 Å². The Morgan fingerprint density at radius 1 is 1.12 bits per heavy atom. The molecule has 9 heteroatoms. The number of carbonyl (C=O) groups is 1. The molecule has 170 valence electrons. The van der Waals surface area contributed by atoms with Crippen LogP contribution in [0.2, 0.25) is 0 Å². The molecule has 34 heavy (non-hydrogen) atoms. The van der Waals surface area contributed by atoms with Gasteiger partial charge in [-0.05, 0) is 29.8 Å². The number of pyridine rings is 1. The van der Waals surface area contributed by atoms with Crippen molar-refractivity contribution in [2.24, 2.45) is 7.05 Å². The van der Waals surface area contributed by atoms with Gasteiger partial charge in [-0.2, -0.15) is 10.4 Å². The molecule has 2 N–H and O–H groups in total. The van der Waals surface area contributed by atoms with Gasteiger partial charge in [0.05, 0.1) is 11.7 Å². The van der Waals surface area contributed by atoms with Crippen LogP contribution in [0.3, 0.4) is 0 Å². The first-order chi connectivity index (χ1) is 16.5. The molecule has 1 aliphatic rings. The minimum Gasteiger partial charge on any atom is -0.381 e. The van der Waals surface area contributed by atoms with Crippen molar-refractivity contribution in [2.45, 2.75) is 0 Å². The summed E-state index contributed by atoms with van der Waals surface area (Å²) in [5.74, 6) is 0.177. The lowest BCUT2D eigenvalue weighted by Gasteiger charge is -2.35. The van der Waals surface area contributed by atoms with Crippen LogP contribution in [-0.4, -0.2) is 56.4 Å². The fourth-order valence-corrected chi connectivity index (χ4v) is 4.42. The number of benzene rings is 1. The van der Waals surface area contributed by atoms with Crippen LogP contribution in [-0.2, 0) is 11.8 Å². The number of nitrogens with two attached hydrogens (primary N) is 1. The van der Waals surface area contributed by atoms with Crippen molar-refractivity contribution in [3.63, 3.8) is 0 Å². The number of aromatic nitrogens is 4. The number of nitrogen functional groups attached to an aromatic ring is 1. The van der Waals surface area contributed by atoms with Crippen LogP contribution in [0.4, 0.5) is 11.5 Å². The second kappa shape index (κ2) is 8.41. The maximum absolute atomic E-state index is 11.8. The van der Waals surface area contributed by atoms with Gasteiger partial charge in [-0.25, -0.2) is 4.52 Å². The molecular formula is C25H24N8O. The van der Waals surface area contributed by atoms with Crippen LogP contribution in [0.1, 0.15) is 5.56 Å². The van der Waals surface area contributed by atoms with E-state index in [1.54, 1.807) is 15.4 Å². The first-order valence-electron chi connectivity index (χ1n) is 11.0. The summed E-state index contributed by atoms with van der Waals surface area (Å²) in [6.45, 7) is 6.43. The van der Waals surface area contributed by atoms with Gasteiger partial charge < -0.3 is 15.5 Å². The highest BCUT2D eigenvalue weighted by Gasteiger charge is 2.21. The number of fused-ring (bicyclic) bond motifs is 1. The Balaban J connectivity index is 1.52. The van der Waals surface area contributed by atoms with Crippen LogP contribution in [0, 0.1) is 11.3 Å². The van der Waals surface area contributed by atoms with E-state index >= 15 is 0 Å². The summed E-state index contributed by atoms with van der Waals surface area (Å²) in [5.41, 5.74) is 11.9. The summed E-state index contributed by atoms with van der Waals surface area (Å²) in [6.07, 6.45) is 6.96. The summed E-state index contributed by atoms with van der Waals surface area (Å²) in [5, 5.41) is 18.4. The number of rotatable bonds is 4. The third-order valence-electron chi connectivity index (χ3n) is 6.21. The summed E-state index contributed by atoms with van der Waals surface area (Å²) < 4.78 is 3.42. The lowest BCUT2D eigenvalue weighted by molar-refractivity contribution is -0.126. The molecule has 3 aromatic heterocycles. The second-order valence-corrected chi connectivity index (χ2v) is 8.27. The first-order valence-corrected chi connectivity index (χ1v) is 11.0. The average Bonchev–Trinajstić information content (AvgIpc) is 3.45. The zero-order chi connectivity index (χ0) is 23.8. The van der Waals surface area contributed by atoms with Crippen LogP contribution >= 0.6 is 0 Å². The highest BCUT2D eigenvalue weighted by Crippen LogP contribution is 2.34. The Morgan fingerprint density at radius 2 is 1.85 bits per heavy atom. The smallest absolute Gasteiger partial charge is 0.246 e. The van der Waals surface area contributed by atoms with E-state index in [-0.39, 0.29) is 11.7 Å². The Hall–Kier alpha value is -4.58. The molecule has 0 atom stereocenters. The first kappa shape index (κ1) is 21.3. The van der Waals surface area contributed by atoms with E-state index in [4.69, 9.17) is 5.73 Å². The predicted octanol–water partition coefficient (Wildman–Crippen LogP) is 2.69. The predicted molar refractivity (Wildman–Crippen MR) is 131 cm³/mol. The fraction of sp³-hybridized carbons (Fsp3) is 0.200. The Labute approximate surface area is 196 Å². The average molecular weight is 453 g/mol. The number of amides is 1. The van der Waals surface area contributed by atoms with Crippen molar-refractivity contribution in [1.29, 1.82) is 5.26 Å². The number of piperazine rings is 1. The summed E-state index contributed by atoms with van der Waals surface area (Å²) in [7, 11) is 1.87. The molecule has 9 nitrogen and oxygen atoms in total.